The van der Waals surface area contributed by atoms with Gasteiger partial charge in [-0.15, -0.1) is 0 Å². The van der Waals surface area contributed by atoms with Gasteiger partial charge < -0.3 is 4.57 Å². The lowest BCUT2D eigenvalue weighted by Gasteiger charge is -2.17. The van der Waals surface area contributed by atoms with Crippen LogP contribution in [0.2, 0.25) is 0 Å². The Bertz CT molecular complexity index is 339. The number of amides is 1. The average molecular weight is 228 g/mol. The van der Waals surface area contributed by atoms with E-state index in [1.807, 2.05) is 31.7 Å². The van der Waals surface area contributed by atoms with Crippen LogP contribution in [-0.4, -0.2) is 20.7 Å². The van der Waals surface area contributed by atoms with Gasteiger partial charge in [0.2, 0.25) is 5.91 Å². The van der Waals surface area contributed by atoms with Crippen molar-refractivity contribution in [3.63, 3.8) is 0 Å². The van der Waals surface area contributed by atoms with Crippen LogP contribution in [-0.2, 0) is 11.8 Å². The molecule has 0 aromatic carbocycles. The summed E-state index contributed by atoms with van der Waals surface area (Å²) in [5, 5.41) is 1.04. The molecule has 0 aliphatic heterocycles. The Morgan fingerprint density at radius 2 is 2.33 bits per heavy atom. The summed E-state index contributed by atoms with van der Waals surface area (Å²) in [5.74, 6) is 4.79. The molecule has 1 aromatic rings. The van der Waals surface area contributed by atoms with Gasteiger partial charge in [-0.3, -0.25) is 10.2 Å². The largest absolute Gasteiger partial charge is 0.329 e. The van der Waals surface area contributed by atoms with Gasteiger partial charge in [0.05, 0.1) is 0 Å². The third-order valence-electron chi connectivity index (χ3n) is 2.33. The molecule has 1 rings (SSSR count). The van der Waals surface area contributed by atoms with Gasteiger partial charge in [0.1, 0.15) is 0 Å². The molecule has 0 saturated carbocycles. The van der Waals surface area contributed by atoms with Crippen molar-refractivity contribution < 1.29 is 4.79 Å². The zero-order chi connectivity index (χ0) is 11.4. The smallest absolute Gasteiger partial charge is 0.237 e. The number of imidazole rings is 1. The highest BCUT2D eigenvalue weighted by molar-refractivity contribution is 7.99. The molecule has 1 aromatic heterocycles. The fourth-order valence-corrected chi connectivity index (χ4v) is 2.09. The maximum absolute atomic E-state index is 11.3. The van der Waals surface area contributed by atoms with Gasteiger partial charge in [-0.2, -0.15) is 0 Å². The summed E-state index contributed by atoms with van der Waals surface area (Å²) in [7, 11) is 1.93. The summed E-state index contributed by atoms with van der Waals surface area (Å²) in [5.41, 5.74) is 2.16. The number of thioether (sulfide) groups is 1. The summed E-state index contributed by atoms with van der Waals surface area (Å²) < 4.78 is 1.92. The lowest BCUT2D eigenvalue weighted by molar-refractivity contribution is -0.124. The number of rotatable bonds is 4. The molecule has 3 N–H and O–H groups in total. The van der Waals surface area contributed by atoms with Gasteiger partial charge in [0.15, 0.2) is 5.16 Å². The second kappa shape index (κ2) is 5.18. The molecule has 15 heavy (non-hydrogen) atoms. The highest BCUT2D eigenvalue weighted by Gasteiger charge is 2.21. The normalized spacial score (nSPS) is 14.7. The summed E-state index contributed by atoms with van der Waals surface area (Å²) in [6, 6.07) is 0. The molecule has 2 unspecified atom stereocenters. The molecule has 1 heterocycles. The molecule has 0 fully saturated rings. The number of aryl methyl sites for hydroxylation is 1. The minimum absolute atomic E-state index is 0.134. The molecule has 0 radical (unpaired) electrons. The molecule has 1 amide bonds. The van der Waals surface area contributed by atoms with Gasteiger partial charge >= 0.3 is 0 Å². The number of carbonyl (C=O) groups is 1. The second-order valence-corrected chi connectivity index (χ2v) is 4.79. The first-order chi connectivity index (χ1) is 7.06. The number of hydrazine groups is 1. The van der Waals surface area contributed by atoms with E-state index in [1.165, 1.54) is 0 Å². The van der Waals surface area contributed by atoms with E-state index in [2.05, 4.69) is 10.4 Å². The Hall–Kier alpha value is -1.01. The summed E-state index contributed by atoms with van der Waals surface area (Å²) in [6.07, 6.45) is 3.62. The van der Waals surface area contributed by atoms with Crippen molar-refractivity contribution in [3.05, 3.63) is 12.4 Å². The predicted octanol–water partition coefficient (Wildman–Crippen LogP) is 0.527. The number of nitrogens with zero attached hydrogens (tertiary/aromatic N) is 2. The number of nitrogens with two attached hydrogens (primary N) is 1. The number of hydrogen-bond donors (Lipinski definition) is 2. The quantitative estimate of drug-likeness (QED) is 0.341. The van der Waals surface area contributed by atoms with Crippen LogP contribution in [0, 0.1) is 5.92 Å². The van der Waals surface area contributed by atoms with E-state index in [-0.39, 0.29) is 17.1 Å². The Kier molecular flexibility index (Phi) is 4.16. The maximum atomic E-state index is 11.3. The molecule has 0 spiro atoms. The molecule has 0 aliphatic rings. The maximum Gasteiger partial charge on any atom is 0.237 e. The SMILES string of the molecule is CC(Sc1nccn1C)C(C)C(=O)NN. The summed E-state index contributed by atoms with van der Waals surface area (Å²) in [6.45, 7) is 3.84. The molecule has 2 atom stereocenters. The first-order valence-corrected chi connectivity index (χ1v) is 5.58. The number of nitrogens with one attached hydrogen (secondary N) is 1. The minimum atomic E-state index is -0.149. The topological polar surface area (TPSA) is 72.9 Å². The lowest BCUT2D eigenvalue weighted by atomic mass is 10.1. The van der Waals surface area contributed by atoms with E-state index in [0.29, 0.717) is 0 Å². The van der Waals surface area contributed by atoms with Crippen LogP contribution in [0.5, 0.6) is 0 Å². The molecule has 0 bridgehead atoms. The van der Waals surface area contributed by atoms with Crippen LogP contribution in [0.4, 0.5) is 0 Å². The van der Waals surface area contributed by atoms with Gasteiger partial charge in [-0.05, 0) is 0 Å². The van der Waals surface area contributed by atoms with Crippen molar-refractivity contribution in [3.8, 4) is 0 Å². The first kappa shape index (κ1) is 12.1. The highest BCUT2D eigenvalue weighted by Crippen LogP contribution is 2.25. The molecule has 0 aliphatic carbocycles. The Morgan fingerprint density at radius 1 is 1.67 bits per heavy atom. The Morgan fingerprint density at radius 3 is 2.80 bits per heavy atom. The standard InChI is InChI=1S/C9H16N4OS/c1-6(8(14)12-10)7(2)15-9-11-4-5-13(9)3/h4-7H,10H2,1-3H3,(H,12,14). The number of carbonyl (C=O) groups excluding carboxylic acids is 1. The van der Waals surface area contributed by atoms with Crippen molar-refractivity contribution >= 4 is 17.7 Å². The summed E-state index contributed by atoms with van der Waals surface area (Å²) in [4.78, 5) is 15.5. The van der Waals surface area contributed by atoms with Crippen LogP contribution in [0.15, 0.2) is 17.6 Å². The third-order valence-corrected chi connectivity index (χ3v) is 3.71. The Balaban J connectivity index is 2.59. The zero-order valence-corrected chi connectivity index (χ0v) is 9.91. The van der Waals surface area contributed by atoms with Crippen molar-refractivity contribution in [1.29, 1.82) is 0 Å². The van der Waals surface area contributed by atoms with Crippen LogP contribution in [0.3, 0.4) is 0 Å². The van der Waals surface area contributed by atoms with Crippen molar-refractivity contribution in [2.45, 2.75) is 24.3 Å². The van der Waals surface area contributed by atoms with Crippen LogP contribution >= 0.6 is 11.8 Å². The average Bonchev–Trinajstić information content (AvgIpc) is 2.62. The number of hydrogen-bond acceptors (Lipinski definition) is 4. The van der Waals surface area contributed by atoms with Gasteiger partial charge in [0, 0.05) is 30.6 Å². The van der Waals surface area contributed by atoms with E-state index in [0.717, 1.165) is 5.16 Å². The fraction of sp³-hybridized carbons (Fsp3) is 0.556. The van der Waals surface area contributed by atoms with E-state index < -0.39 is 0 Å². The zero-order valence-electron chi connectivity index (χ0n) is 9.10. The van der Waals surface area contributed by atoms with Gasteiger partial charge in [-0.25, -0.2) is 10.8 Å². The highest BCUT2D eigenvalue weighted by atomic mass is 32.2. The molecule has 0 saturated heterocycles. The summed E-state index contributed by atoms with van der Waals surface area (Å²) >= 11 is 1.56. The van der Waals surface area contributed by atoms with Crippen molar-refractivity contribution in [2.75, 3.05) is 0 Å². The third kappa shape index (κ3) is 2.97. The fourth-order valence-electron chi connectivity index (χ4n) is 1.08. The molecular weight excluding hydrogens is 212 g/mol. The molecule has 84 valence electrons. The van der Waals surface area contributed by atoms with Crippen LogP contribution < -0.4 is 11.3 Å². The monoisotopic (exact) mass is 228 g/mol. The minimum Gasteiger partial charge on any atom is -0.329 e. The predicted molar refractivity (Wildman–Crippen MR) is 60.0 cm³/mol. The van der Waals surface area contributed by atoms with E-state index in [1.54, 1.807) is 18.0 Å². The van der Waals surface area contributed by atoms with Crippen molar-refractivity contribution in [1.82, 2.24) is 15.0 Å². The molecule has 6 heteroatoms. The van der Waals surface area contributed by atoms with E-state index >= 15 is 0 Å². The van der Waals surface area contributed by atoms with Crippen molar-refractivity contribution in [2.24, 2.45) is 18.8 Å². The van der Waals surface area contributed by atoms with Gasteiger partial charge in [0.25, 0.3) is 0 Å². The Labute approximate surface area is 93.4 Å². The van der Waals surface area contributed by atoms with E-state index in [9.17, 15) is 4.79 Å². The van der Waals surface area contributed by atoms with Crippen LogP contribution in [0.1, 0.15) is 13.8 Å². The second-order valence-electron chi connectivity index (χ2n) is 3.44. The molecule has 5 nitrogen and oxygen atoms in total. The molecular formula is C9H16N4OS. The first-order valence-electron chi connectivity index (χ1n) is 4.70. The van der Waals surface area contributed by atoms with E-state index in [4.69, 9.17) is 5.84 Å². The lowest BCUT2D eigenvalue weighted by Crippen LogP contribution is -2.38. The number of aromatic nitrogens is 2. The van der Waals surface area contributed by atoms with Crippen LogP contribution in [0.25, 0.3) is 0 Å². The van der Waals surface area contributed by atoms with Gasteiger partial charge in [-0.1, -0.05) is 25.6 Å².